The van der Waals surface area contributed by atoms with Gasteiger partial charge in [-0.05, 0) is 55.8 Å². The molecule has 9 heteroatoms. The summed E-state index contributed by atoms with van der Waals surface area (Å²) in [6, 6.07) is 9.91. The van der Waals surface area contributed by atoms with Crippen molar-refractivity contribution in [2.24, 2.45) is 0 Å². The fraction of sp³-hybridized carbons (Fsp3) is 0.263. The zero-order valence-corrected chi connectivity index (χ0v) is 16.9. The second-order valence-electron chi connectivity index (χ2n) is 6.24. The smallest absolute Gasteiger partial charge is 0.242 e. The van der Waals surface area contributed by atoms with Gasteiger partial charge in [0, 0.05) is 12.6 Å². The molecule has 0 bridgehead atoms. The molecule has 1 atom stereocenters. The Bertz CT molecular complexity index is 972. The predicted octanol–water partition coefficient (Wildman–Crippen LogP) is 2.27. The van der Waals surface area contributed by atoms with Gasteiger partial charge in [0.15, 0.2) is 0 Å². The second kappa shape index (κ2) is 8.85. The molecule has 2 aromatic rings. The highest BCUT2D eigenvalue weighted by atomic mass is 32.2. The van der Waals surface area contributed by atoms with Crippen LogP contribution in [0.25, 0.3) is 0 Å². The SMILES string of the molecule is COc1ccc(C)cc1NC(=O)[C@H](C)NS(=O)(=O)c1ccc(NC(C)=O)cc1. The standard InChI is InChI=1S/C19H23N3O5S/c1-12-5-10-18(27-4)17(11-12)21-19(24)13(2)22-28(25,26)16-8-6-15(7-9-16)20-14(3)23/h5-11,13,22H,1-4H3,(H,20,23)(H,21,24)/t13-/m0/s1. The maximum Gasteiger partial charge on any atom is 0.242 e. The molecule has 8 nitrogen and oxygen atoms in total. The van der Waals surface area contributed by atoms with Crippen LogP contribution in [0.2, 0.25) is 0 Å². The van der Waals surface area contributed by atoms with E-state index in [9.17, 15) is 18.0 Å². The Morgan fingerprint density at radius 3 is 2.25 bits per heavy atom. The fourth-order valence-corrected chi connectivity index (χ4v) is 3.64. The lowest BCUT2D eigenvalue weighted by molar-refractivity contribution is -0.117. The molecule has 0 spiro atoms. The maximum absolute atomic E-state index is 12.5. The van der Waals surface area contributed by atoms with Gasteiger partial charge in [0.2, 0.25) is 21.8 Å². The number of hydrogen-bond acceptors (Lipinski definition) is 5. The van der Waals surface area contributed by atoms with Crippen LogP contribution < -0.4 is 20.1 Å². The molecule has 0 unspecified atom stereocenters. The van der Waals surface area contributed by atoms with E-state index in [-0.39, 0.29) is 10.8 Å². The number of rotatable bonds is 7. The highest BCUT2D eigenvalue weighted by molar-refractivity contribution is 7.89. The number of carbonyl (C=O) groups excluding carboxylic acids is 2. The topological polar surface area (TPSA) is 114 Å². The van der Waals surface area contributed by atoms with Crippen LogP contribution in [-0.2, 0) is 19.6 Å². The highest BCUT2D eigenvalue weighted by Gasteiger charge is 2.23. The molecule has 0 aliphatic rings. The van der Waals surface area contributed by atoms with Crippen molar-refractivity contribution in [3.05, 3.63) is 48.0 Å². The molecule has 0 fully saturated rings. The Morgan fingerprint density at radius 1 is 1.04 bits per heavy atom. The Hall–Kier alpha value is -2.91. The van der Waals surface area contributed by atoms with Gasteiger partial charge in [-0.3, -0.25) is 9.59 Å². The summed E-state index contributed by atoms with van der Waals surface area (Å²) in [5.74, 6) is -0.310. The summed E-state index contributed by atoms with van der Waals surface area (Å²) in [6.07, 6.45) is 0. The molecule has 150 valence electrons. The normalized spacial score (nSPS) is 12.1. The average Bonchev–Trinajstić information content (AvgIpc) is 2.61. The monoisotopic (exact) mass is 405 g/mol. The second-order valence-corrected chi connectivity index (χ2v) is 7.96. The van der Waals surface area contributed by atoms with Crippen molar-refractivity contribution < 1.29 is 22.7 Å². The summed E-state index contributed by atoms with van der Waals surface area (Å²) < 4.78 is 32.6. The van der Waals surface area contributed by atoms with E-state index in [2.05, 4.69) is 15.4 Å². The lowest BCUT2D eigenvalue weighted by Crippen LogP contribution is -2.41. The van der Waals surface area contributed by atoms with Gasteiger partial charge >= 0.3 is 0 Å². The van der Waals surface area contributed by atoms with E-state index in [0.29, 0.717) is 17.1 Å². The molecular formula is C19H23N3O5S. The van der Waals surface area contributed by atoms with Crippen molar-refractivity contribution >= 4 is 33.2 Å². The third kappa shape index (κ3) is 5.54. The number of nitrogens with one attached hydrogen (secondary N) is 3. The van der Waals surface area contributed by atoms with E-state index in [1.165, 1.54) is 45.2 Å². The van der Waals surface area contributed by atoms with Gasteiger partial charge in [0.1, 0.15) is 5.75 Å². The van der Waals surface area contributed by atoms with E-state index in [4.69, 9.17) is 4.74 Å². The summed E-state index contributed by atoms with van der Waals surface area (Å²) in [5, 5.41) is 5.22. The number of hydrogen-bond donors (Lipinski definition) is 3. The number of anilines is 2. The first-order valence-electron chi connectivity index (χ1n) is 8.48. The van der Waals surface area contributed by atoms with Crippen molar-refractivity contribution in [2.75, 3.05) is 17.7 Å². The Kier molecular flexibility index (Phi) is 6.76. The largest absolute Gasteiger partial charge is 0.495 e. The first-order chi connectivity index (χ1) is 13.1. The molecule has 3 N–H and O–H groups in total. The summed E-state index contributed by atoms with van der Waals surface area (Å²) in [6.45, 7) is 4.67. The zero-order chi connectivity index (χ0) is 20.9. The third-order valence-electron chi connectivity index (χ3n) is 3.82. The molecular weight excluding hydrogens is 382 g/mol. The molecule has 0 aliphatic carbocycles. The van der Waals surface area contributed by atoms with Crippen molar-refractivity contribution in [1.82, 2.24) is 4.72 Å². The minimum Gasteiger partial charge on any atom is -0.495 e. The number of ether oxygens (including phenoxy) is 1. The average molecular weight is 405 g/mol. The van der Waals surface area contributed by atoms with Crippen molar-refractivity contribution in [3.8, 4) is 5.75 Å². The summed E-state index contributed by atoms with van der Waals surface area (Å²) >= 11 is 0. The van der Waals surface area contributed by atoms with Crippen LogP contribution in [0.3, 0.4) is 0 Å². The van der Waals surface area contributed by atoms with Crippen LogP contribution in [0, 0.1) is 6.92 Å². The number of sulfonamides is 1. The van der Waals surface area contributed by atoms with Crippen molar-refractivity contribution in [3.63, 3.8) is 0 Å². The lowest BCUT2D eigenvalue weighted by atomic mass is 10.2. The van der Waals surface area contributed by atoms with Gasteiger partial charge in [-0.1, -0.05) is 6.07 Å². The highest BCUT2D eigenvalue weighted by Crippen LogP contribution is 2.25. The lowest BCUT2D eigenvalue weighted by Gasteiger charge is -2.16. The Morgan fingerprint density at radius 2 is 1.68 bits per heavy atom. The van der Waals surface area contributed by atoms with Gasteiger partial charge in [-0.2, -0.15) is 4.72 Å². The fourth-order valence-electron chi connectivity index (χ4n) is 2.44. The van der Waals surface area contributed by atoms with Crippen LogP contribution in [0.4, 0.5) is 11.4 Å². The first kappa shape index (κ1) is 21.4. The molecule has 0 aromatic heterocycles. The molecule has 0 heterocycles. The molecule has 0 radical (unpaired) electrons. The first-order valence-corrected chi connectivity index (χ1v) is 9.96. The molecule has 2 amide bonds. The molecule has 0 aliphatic heterocycles. The quantitative estimate of drug-likeness (QED) is 0.654. The molecule has 28 heavy (non-hydrogen) atoms. The minimum atomic E-state index is -3.92. The van der Waals surface area contributed by atoms with Crippen molar-refractivity contribution in [1.29, 1.82) is 0 Å². The number of amides is 2. The summed E-state index contributed by atoms with van der Waals surface area (Å²) in [4.78, 5) is 23.5. The predicted molar refractivity (Wildman–Crippen MR) is 107 cm³/mol. The van der Waals surface area contributed by atoms with E-state index in [0.717, 1.165) is 5.56 Å². The number of carbonyl (C=O) groups is 2. The maximum atomic E-state index is 12.5. The summed E-state index contributed by atoms with van der Waals surface area (Å²) in [7, 11) is -2.44. The van der Waals surface area contributed by atoms with Gasteiger partial charge in [-0.15, -0.1) is 0 Å². The van der Waals surface area contributed by atoms with Crippen LogP contribution in [0.1, 0.15) is 19.4 Å². The van der Waals surface area contributed by atoms with E-state index < -0.39 is 22.0 Å². The molecule has 0 saturated carbocycles. The number of aryl methyl sites for hydroxylation is 1. The Balaban J connectivity index is 2.10. The van der Waals surface area contributed by atoms with Crippen LogP contribution >= 0.6 is 0 Å². The van der Waals surface area contributed by atoms with Crippen LogP contribution in [0.5, 0.6) is 5.75 Å². The molecule has 2 rings (SSSR count). The number of methoxy groups -OCH3 is 1. The van der Waals surface area contributed by atoms with E-state index in [1.807, 2.05) is 13.0 Å². The Labute approximate surface area is 164 Å². The van der Waals surface area contributed by atoms with E-state index >= 15 is 0 Å². The minimum absolute atomic E-state index is 0.0191. The van der Waals surface area contributed by atoms with Gasteiger partial charge in [0.25, 0.3) is 0 Å². The van der Waals surface area contributed by atoms with Crippen LogP contribution in [-0.4, -0.2) is 33.4 Å². The van der Waals surface area contributed by atoms with Gasteiger partial charge in [-0.25, -0.2) is 8.42 Å². The van der Waals surface area contributed by atoms with Gasteiger partial charge in [0.05, 0.1) is 23.7 Å². The van der Waals surface area contributed by atoms with E-state index in [1.54, 1.807) is 12.1 Å². The van der Waals surface area contributed by atoms with Crippen molar-refractivity contribution in [2.45, 2.75) is 31.7 Å². The third-order valence-corrected chi connectivity index (χ3v) is 5.38. The molecule has 2 aromatic carbocycles. The van der Waals surface area contributed by atoms with Crippen LogP contribution in [0.15, 0.2) is 47.4 Å². The van der Waals surface area contributed by atoms with Gasteiger partial charge < -0.3 is 15.4 Å². The zero-order valence-electron chi connectivity index (χ0n) is 16.1. The molecule has 0 saturated heterocycles. The number of benzene rings is 2. The summed E-state index contributed by atoms with van der Waals surface area (Å²) in [5.41, 5.74) is 1.85.